The first-order valence-corrected chi connectivity index (χ1v) is 6.32. The molecule has 2 unspecified atom stereocenters. The third kappa shape index (κ3) is 2.31. The average molecular weight is 247 g/mol. The monoisotopic (exact) mass is 247 g/mol. The van der Waals surface area contributed by atoms with Crippen molar-refractivity contribution in [1.82, 2.24) is 15.0 Å². The Bertz CT molecular complexity index is 531. The van der Waals surface area contributed by atoms with Gasteiger partial charge in [0.15, 0.2) is 5.65 Å². The zero-order valence-electron chi connectivity index (χ0n) is 11.4. The van der Waals surface area contributed by atoms with Crippen LogP contribution in [0.3, 0.4) is 0 Å². The minimum Gasteiger partial charge on any atom is -0.363 e. The second-order valence-corrected chi connectivity index (χ2v) is 4.97. The van der Waals surface area contributed by atoms with E-state index < -0.39 is 0 Å². The van der Waals surface area contributed by atoms with Crippen LogP contribution in [0.15, 0.2) is 12.1 Å². The summed E-state index contributed by atoms with van der Waals surface area (Å²) in [5, 5.41) is 0. The lowest BCUT2D eigenvalue weighted by atomic mass is 10.00. The molecule has 2 aromatic heterocycles. The summed E-state index contributed by atoms with van der Waals surface area (Å²) < 4.78 is 0. The number of H-pyrrole nitrogens is 1. The van der Waals surface area contributed by atoms with Crippen LogP contribution in [0.25, 0.3) is 11.2 Å². The van der Waals surface area contributed by atoms with E-state index in [1.54, 1.807) is 0 Å². The van der Waals surface area contributed by atoms with Crippen molar-refractivity contribution in [3.8, 4) is 0 Å². The fourth-order valence-electron chi connectivity index (χ4n) is 1.83. The maximum absolute atomic E-state index is 6.18. The Labute approximate surface area is 107 Å². The largest absolute Gasteiger partial charge is 0.363 e. The van der Waals surface area contributed by atoms with Crippen LogP contribution in [0.5, 0.6) is 0 Å². The highest BCUT2D eigenvalue weighted by molar-refractivity contribution is 5.73. The van der Waals surface area contributed by atoms with Crippen molar-refractivity contribution in [1.29, 1.82) is 0 Å². The number of rotatable bonds is 4. The summed E-state index contributed by atoms with van der Waals surface area (Å²) in [5.74, 6) is 2.12. The van der Waals surface area contributed by atoms with Crippen LogP contribution in [0, 0.1) is 5.92 Å². The normalized spacial score (nSPS) is 14.7. The molecule has 0 spiro atoms. The van der Waals surface area contributed by atoms with E-state index in [1.165, 1.54) is 0 Å². The first kappa shape index (κ1) is 12.8. The minimum absolute atomic E-state index is 0.0630. The first-order valence-electron chi connectivity index (χ1n) is 6.32. The van der Waals surface area contributed by atoms with Gasteiger partial charge in [0, 0.05) is 14.1 Å². The molecule has 2 aromatic rings. The van der Waals surface area contributed by atoms with Gasteiger partial charge in [0.1, 0.15) is 11.6 Å². The molecule has 98 valence electrons. The fraction of sp³-hybridized carbons (Fsp3) is 0.538. The van der Waals surface area contributed by atoms with Crippen LogP contribution in [0.2, 0.25) is 0 Å². The predicted octanol–water partition coefficient (Wildman–Crippen LogP) is 2.07. The number of hydrogen-bond acceptors (Lipinski definition) is 4. The number of aromatic amines is 1. The van der Waals surface area contributed by atoms with E-state index in [4.69, 9.17) is 5.73 Å². The van der Waals surface area contributed by atoms with E-state index >= 15 is 0 Å². The van der Waals surface area contributed by atoms with Gasteiger partial charge in [-0.05, 0) is 18.1 Å². The zero-order valence-corrected chi connectivity index (χ0v) is 11.4. The second-order valence-electron chi connectivity index (χ2n) is 4.97. The van der Waals surface area contributed by atoms with Gasteiger partial charge in [-0.3, -0.25) is 0 Å². The predicted molar refractivity (Wildman–Crippen MR) is 74.6 cm³/mol. The summed E-state index contributed by atoms with van der Waals surface area (Å²) in [5.41, 5.74) is 7.85. The highest BCUT2D eigenvalue weighted by atomic mass is 15.2. The molecule has 0 saturated carbocycles. The van der Waals surface area contributed by atoms with Crippen LogP contribution in [-0.4, -0.2) is 29.0 Å². The van der Waals surface area contributed by atoms with Crippen LogP contribution in [-0.2, 0) is 0 Å². The molecule has 2 atom stereocenters. The van der Waals surface area contributed by atoms with Gasteiger partial charge < -0.3 is 15.6 Å². The molecule has 0 fully saturated rings. The number of nitrogens with one attached hydrogen (secondary N) is 1. The molecule has 5 nitrogen and oxygen atoms in total. The number of imidazole rings is 1. The third-order valence-corrected chi connectivity index (χ3v) is 3.38. The van der Waals surface area contributed by atoms with E-state index in [-0.39, 0.29) is 6.04 Å². The standard InChI is InChI=1S/C13H21N5/c1-5-8(2)11(14)13-15-9-6-7-10(18(3)4)16-12(9)17-13/h6-8,11H,5,14H2,1-4H3,(H,15,16,17). The third-order valence-electron chi connectivity index (χ3n) is 3.38. The molecule has 0 saturated heterocycles. The topological polar surface area (TPSA) is 70.8 Å². The summed E-state index contributed by atoms with van der Waals surface area (Å²) in [6, 6.07) is 3.91. The molecule has 0 amide bonds. The quantitative estimate of drug-likeness (QED) is 0.867. The number of nitrogens with two attached hydrogens (primary N) is 1. The molecule has 2 rings (SSSR count). The lowest BCUT2D eigenvalue weighted by Gasteiger charge is -2.15. The number of aromatic nitrogens is 3. The molecule has 2 heterocycles. The minimum atomic E-state index is -0.0630. The van der Waals surface area contributed by atoms with Crippen molar-refractivity contribution >= 4 is 17.0 Å². The van der Waals surface area contributed by atoms with E-state index in [9.17, 15) is 0 Å². The molecular weight excluding hydrogens is 226 g/mol. The van der Waals surface area contributed by atoms with Crippen molar-refractivity contribution in [2.75, 3.05) is 19.0 Å². The van der Waals surface area contributed by atoms with Crippen molar-refractivity contribution < 1.29 is 0 Å². The Kier molecular flexibility index (Phi) is 3.52. The molecule has 0 aliphatic heterocycles. The van der Waals surface area contributed by atoms with E-state index in [0.29, 0.717) is 5.92 Å². The Morgan fingerprint density at radius 1 is 1.33 bits per heavy atom. The van der Waals surface area contributed by atoms with E-state index in [2.05, 4.69) is 28.8 Å². The van der Waals surface area contributed by atoms with Crippen LogP contribution >= 0.6 is 0 Å². The van der Waals surface area contributed by atoms with Gasteiger partial charge in [-0.1, -0.05) is 20.3 Å². The lowest BCUT2D eigenvalue weighted by molar-refractivity contribution is 0.442. The maximum atomic E-state index is 6.18. The summed E-state index contributed by atoms with van der Waals surface area (Å²) in [6.45, 7) is 4.27. The van der Waals surface area contributed by atoms with Crippen molar-refractivity contribution in [3.63, 3.8) is 0 Å². The van der Waals surface area contributed by atoms with Crippen LogP contribution < -0.4 is 10.6 Å². The van der Waals surface area contributed by atoms with Crippen molar-refractivity contribution in [3.05, 3.63) is 18.0 Å². The molecule has 0 aliphatic rings. The molecule has 0 radical (unpaired) electrons. The number of pyridine rings is 1. The molecule has 3 N–H and O–H groups in total. The number of anilines is 1. The Balaban J connectivity index is 2.38. The zero-order chi connectivity index (χ0) is 13.3. The van der Waals surface area contributed by atoms with E-state index in [1.807, 2.05) is 31.1 Å². The van der Waals surface area contributed by atoms with Crippen molar-refractivity contribution in [2.24, 2.45) is 11.7 Å². The molecule has 0 aromatic carbocycles. The van der Waals surface area contributed by atoms with Gasteiger partial charge in [-0.2, -0.15) is 0 Å². The smallest absolute Gasteiger partial charge is 0.179 e. The van der Waals surface area contributed by atoms with E-state index in [0.717, 1.165) is 29.2 Å². The summed E-state index contributed by atoms with van der Waals surface area (Å²) in [4.78, 5) is 14.2. The van der Waals surface area contributed by atoms with Gasteiger partial charge in [0.05, 0.1) is 11.6 Å². The Morgan fingerprint density at radius 2 is 2.06 bits per heavy atom. The van der Waals surface area contributed by atoms with Gasteiger partial charge >= 0.3 is 0 Å². The van der Waals surface area contributed by atoms with Crippen LogP contribution in [0.1, 0.15) is 32.1 Å². The van der Waals surface area contributed by atoms with Gasteiger partial charge in [-0.15, -0.1) is 0 Å². The Morgan fingerprint density at radius 3 is 2.67 bits per heavy atom. The maximum Gasteiger partial charge on any atom is 0.179 e. The SMILES string of the molecule is CCC(C)C(N)c1nc2nc(N(C)C)ccc2[nH]1. The first-order chi connectivity index (χ1) is 8.52. The summed E-state index contributed by atoms with van der Waals surface area (Å²) in [6.07, 6.45) is 1.04. The van der Waals surface area contributed by atoms with Gasteiger partial charge in [0.25, 0.3) is 0 Å². The second kappa shape index (κ2) is 4.94. The molecule has 18 heavy (non-hydrogen) atoms. The number of fused-ring (bicyclic) bond motifs is 1. The van der Waals surface area contributed by atoms with Crippen LogP contribution in [0.4, 0.5) is 5.82 Å². The van der Waals surface area contributed by atoms with Crippen molar-refractivity contribution in [2.45, 2.75) is 26.3 Å². The molecule has 0 bridgehead atoms. The van der Waals surface area contributed by atoms with Gasteiger partial charge in [0.2, 0.25) is 0 Å². The fourth-order valence-corrected chi connectivity index (χ4v) is 1.83. The average Bonchev–Trinajstić information content (AvgIpc) is 2.79. The highest BCUT2D eigenvalue weighted by Gasteiger charge is 2.17. The molecular formula is C13H21N5. The highest BCUT2D eigenvalue weighted by Crippen LogP contribution is 2.22. The number of hydrogen-bond donors (Lipinski definition) is 2. The Hall–Kier alpha value is -1.62. The lowest BCUT2D eigenvalue weighted by Crippen LogP contribution is -2.19. The summed E-state index contributed by atoms with van der Waals surface area (Å²) in [7, 11) is 3.93. The summed E-state index contributed by atoms with van der Waals surface area (Å²) >= 11 is 0. The molecule has 0 aliphatic carbocycles. The molecule has 5 heteroatoms. The number of nitrogens with zero attached hydrogens (tertiary/aromatic N) is 3. The van der Waals surface area contributed by atoms with Gasteiger partial charge in [-0.25, -0.2) is 9.97 Å².